The fraction of sp³-hybridized carbons (Fsp3) is 0.636. The summed E-state index contributed by atoms with van der Waals surface area (Å²) in [5.41, 5.74) is 3.57. The molecule has 0 bridgehead atoms. The Balaban J connectivity index is 2.97. The first-order valence-electron chi connectivity index (χ1n) is 5.62. The van der Waals surface area contributed by atoms with Gasteiger partial charge in [0.2, 0.25) is 0 Å². The maximum atomic E-state index is 5.38. The molecule has 0 saturated carbocycles. The lowest BCUT2D eigenvalue weighted by molar-refractivity contribution is 0.476. The van der Waals surface area contributed by atoms with Crippen LogP contribution in [-0.2, 0) is 0 Å². The Morgan fingerprint density at radius 1 is 1.25 bits per heavy atom. The third-order valence-electron chi connectivity index (χ3n) is 3.20. The molecule has 1 aromatic rings. The number of nitrogens with two attached hydrogens (primary N) is 1. The molecule has 16 heavy (non-hydrogen) atoms. The summed E-state index contributed by atoms with van der Waals surface area (Å²) < 4.78 is 0. The van der Waals surface area contributed by atoms with Gasteiger partial charge in [0.15, 0.2) is 0 Å². The van der Waals surface area contributed by atoms with E-state index in [0.717, 1.165) is 24.2 Å². The Kier molecular flexibility index (Phi) is 4.06. The molecule has 0 saturated heterocycles. The van der Waals surface area contributed by atoms with Gasteiger partial charge < -0.3 is 10.7 Å². The number of nitrogens with zero attached hydrogens (tertiary/aromatic N) is 2. The molecule has 0 unspecified atom stereocenters. The molecule has 1 aromatic heterocycles. The summed E-state index contributed by atoms with van der Waals surface area (Å²) >= 11 is 0. The molecule has 0 amide bonds. The SMILES string of the molecule is CCC(C)(CC)Nc1ncnc(NN)c1C. The molecule has 0 aliphatic carbocycles. The van der Waals surface area contributed by atoms with Gasteiger partial charge in [-0.3, -0.25) is 0 Å². The minimum absolute atomic E-state index is 0.0605. The van der Waals surface area contributed by atoms with Crippen LogP contribution in [0.15, 0.2) is 6.33 Å². The predicted octanol–water partition coefficient (Wildman–Crippen LogP) is 2.06. The highest BCUT2D eigenvalue weighted by molar-refractivity contribution is 5.56. The number of hydrogen-bond donors (Lipinski definition) is 3. The van der Waals surface area contributed by atoms with Crippen LogP contribution in [0.2, 0.25) is 0 Å². The first kappa shape index (κ1) is 12.7. The van der Waals surface area contributed by atoms with Crippen molar-refractivity contribution >= 4 is 11.6 Å². The van der Waals surface area contributed by atoms with Crippen molar-refractivity contribution in [2.24, 2.45) is 5.84 Å². The van der Waals surface area contributed by atoms with Crippen LogP contribution in [0.5, 0.6) is 0 Å². The van der Waals surface area contributed by atoms with Crippen molar-refractivity contribution < 1.29 is 0 Å². The van der Waals surface area contributed by atoms with Crippen molar-refractivity contribution in [1.29, 1.82) is 0 Å². The zero-order chi connectivity index (χ0) is 12.2. The van der Waals surface area contributed by atoms with E-state index in [9.17, 15) is 0 Å². The van der Waals surface area contributed by atoms with Crippen LogP contribution in [0.1, 0.15) is 39.2 Å². The normalized spacial score (nSPS) is 11.3. The van der Waals surface area contributed by atoms with E-state index < -0.39 is 0 Å². The first-order chi connectivity index (χ1) is 7.56. The average Bonchev–Trinajstić information content (AvgIpc) is 2.32. The molecule has 4 N–H and O–H groups in total. The number of aromatic nitrogens is 2. The monoisotopic (exact) mass is 223 g/mol. The number of hydrazine groups is 1. The van der Waals surface area contributed by atoms with E-state index in [1.54, 1.807) is 0 Å². The molecule has 0 spiro atoms. The third-order valence-corrected chi connectivity index (χ3v) is 3.20. The highest BCUT2D eigenvalue weighted by atomic mass is 15.3. The van der Waals surface area contributed by atoms with Crippen LogP contribution < -0.4 is 16.6 Å². The minimum atomic E-state index is 0.0605. The number of nitrogens with one attached hydrogen (secondary N) is 2. The highest BCUT2D eigenvalue weighted by Gasteiger charge is 2.21. The average molecular weight is 223 g/mol. The Labute approximate surface area is 96.8 Å². The fourth-order valence-corrected chi connectivity index (χ4v) is 1.43. The standard InChI is InChI=1S/C11H21N5/c1-5-11(4,6-2)15-9-8(3)10(16-12)14-7-13-9/h7H,5-6,12H2,1-4H3,(H2,13,14,15,16). The van der Waals surface area contributed by atoms with Crippen molar-refractivity contribution in [2.75, 3.05) is 10.7 Å². The van der Waals surface area contributed by atoms with Crippen LogP contribution in [0, 0.1) is 6.92 Å². The smallest absolute Gasteiger partial charge is 0.148 e. The second-order valence-corrected chi connectivity index (χ2v) is 4.23. The summed E-state index contributed by atoms with van der Waals surface area (Å²) in [6.07, 6.45) is 3.59. The second-order valence-electron chi connectivity index (χ2n) is 4.23. The number of nitrogen functional groups attached to an aromatic ring is 1. The molecule has 1 rings (SSSR count). The maximum Gasteiger partial charge on any atom is 0.148 e. The van der Waals surface area contributed by atoms with Gasteiger partial charge in [-0.25, -0.2) is 15.8 Å². The molecule has 90 valence electrons. The molecular weight excluding hydrogens is 202 g/mol. The Bertz CT molecular complexity index is 346. The van der Waals surface area contributed by atoms with E-state index in [2.05, 4.69) is 41.5 Å². The summed E-state index contributed by atoms with van der Waals surface area (Å²) in [6.45, 7) is 8.46. The van der Waals surface area contributed by atoms with Crippen LogP contribution in [0.3, 0.4) is 0 Å². The van der Waals surface area contributed by atoms with Gasteiger partial charge in [-0.15, -0.1) is 0 Å². The summed E-state index contributed by atoms with van der Waals surface area (Å²) in [6, 6.07) is 0. The van der Waals surface area contributed by atoms with E-state index in [4.69, 9.17) is 5.84 Å². The fourth-order valence-electron chi connectivity index (χ4n) is 1.43. The van der Waals surface area contributed by atoms with E-state index >= 15 is 0 Å². The highest BCUT2D eigenvalue weighted by Crippen LogP contribution is 2.24. The molecule has 1 heterocycles. The van der Waals surface area contributed by atoms with Crippen LogP contribution in [0.4, 0.5) is 11.6 Å². The van der Waals surface area contributed by atoms with Crippen molar-refractivity contribution in [3.8, 4) is 0 Å². The lowest BCUT2D eigenvalue weighted by Gasteiger charge is -2.29. The molecule has 0 radical (unpaired) electrons. The zero-order valence-electron chi connectivity index (χ0n) is 10.5. The molecule has 5 nitrogen and oxygen atoms in total. The van der Waals surface area contributed by atoms with Crippen molar-refractivity contribution in [1.82, 2.24) is 9.97 Å². The van der Waals surface area contributed by atoms with E-state index in [1.807, 2.05) is 6.92 Å². The summed E-state index contributed by atoms with van der Waals surface area (Å²) in [5, 5.41) is 3.45. The summed E-state index contributed by atoms with van der Waals surface area (Å²) in [7, 11) is 0. The molecule has 0 aliphatic rings. The van der Waals surface area contributed by atoms with Crippen molar-refractivity contribution in [3.05, 3.63) is 11.9 Å². The maximum absolute atomic E-state index is 5.38. The largest absolute Gasteiger partial charge is 0.365 e. The van der Waals surface area contributed by atoms with Gasteiger partial charge in [-0.1, -0.05) is 13.8 Å². The predicted molar refractivity (Wildman–Crippen MR) is 67.2 cm³/mol. The van der Waals surface area contributed by atoms with Gasteiger partial charge in [0, 0.05) is 11.1 Å². The van der Waals surface area contributed by atoms with E-state index in [-0.39, 0.29) is 5.54 Å². The second kappa shape index (κ2) is 5.12. The molecule has 0 atom stereocenters. The van der Waals surface area contributed by atoms with Gasteiger partial charge in [-0.2, -0.15) is 0 Å². The Morgan fingerprint density at radius 3 is 2.31 bits per heavy atom. The lowest BCUT2D eigenvalue weighted by Crippen LogP contribution is -2.34. The van der Waals surface area contributed by atoms with Gasteiger partial charge in [0.05, 0.1) is 0 Å². The van der Waals surface area contributed by atoms with Gasteiger partial charge >= 0.3 is 0 Å². The van der Waals surface area contributed by atoms with Gasteiger partial charge in [0.25, 0.3) is 0 Å². The third kappa shape index (κ3) is 2.61. The molecular formula is C11H21N5. The van der Waals surface area contributed by atoms with E-state index in [1.165, 1.54) is 6.33 Å². The molecule has 5 heteroatoms. The number of rotatable bonds is 5. The Hall–Kier alpha value is -1.36. The van der Waals surface area contributed by atoms with Crippen LogP contribution in [-0.4, -0.2) is 15.5 Å². The molecule has 0 aliphatic heterocycles. The summed E-state index contributed by atoms with van der Waals surface area (Å²) in [4.78, 5) is 8.30. The zero-order valence-corrected chi connectivity index (χ0v) is 10.5. The van der Waals surface area contributed by atoms with Crippen LogP contribution >= 0.6 is 0 Å². The number of anilines is 2. The van der Waals surface area contributed by atoms with Gasteiger partial charge in [-0.05, 0) is 26.7 Å². The Morgan fingerprint density at radius 2 is 1.81 bits per heavy atom. The molecule has 0 fully saturated rings. The van der Waals surface area contributed by atoms with Gasteiger partial charge in [0.1, 0.15) is 18.0 Å². The number of hydrogen-bond acceptors (Lipinski definition) is 5. The minimum Gasteiger partial charge on any atom is -0.365 e. The van der Waals surface area contributed by atoms with Crippen LogP contribution in [0.25, 0.3) is 0 Å². The van der Waals surface area contributed by atoms with Crippen molar-refractivity contribution in [3.63, 3.8) is 0 Å². The lowest BCUT2D eigenvalue weighted by atomic mass is 9.95. The quantitative estimate of drug-likeness (QED) is 0.526. The van der Waals surface area contributed by atoms with E-state index in [0.29, 0.717) is 5.82 Å². The topological polar surface area (TPSA) is 75.9 Å². The first-order valence-corrected chi connectivity index (χ1v) is 5.62. The molecule has 0 aromatic carbocycles. The summed E-state index contributed by atoms with van der Waals surface area (Å²) in [5.74, 6) is 6.88. The van der Waals surface area contributed by atoms with Crippen molar-refractivity contribution in [2.45, 2.75) is 46.1 Å².